The third-order valence-corrected chi connectivity index (χ3v) is 33.0. The molecule has 20 heteroatoms. The van der Waals surface area contributed by atoms with Gasteiger partial charge in [-0.2, -0.15) is 0 Å². The number of allylic oxidation sites excluding steroid dienone is 2. The Labute approximate surface area is 622 Å². The first kappa shape index (κ1) is 87.1. The summed E-state index contributed by atoms with van der Waals surface area (Å²) in [5, 5.41) is 53.0. The van der Waals surface area contributed by atoms with Crippen LogP contribution in [0.25, 0.3) is 0 Å². The van der Waals surface area contributed by atoms with Crippen molar-refractivity contribution in [3.63, 3.8) is 0 Å². The monoisotopic (exact) mass is 1450 g/mol. The van der Waals surface area contributed by atoms with Gasteiger partial charge in [-0.05, 0) is 168 Å². The van der Waals surface area contributed by atoms with Crippen LogP contribution in [0.1, 0.15) is 178 Å². The molecular formula is C74H121BrKO15PSi2. The number of rotatable bonds is 24. The maximum Gasteiger partial charge on any atom is 1.00 e. The Balaban J connectivity index is 0.000000339. The molecule has 3 aromatic carbocycles. The van der Waals surface area contributed by atoms with Crippen LogP contribution in [0, 0.1) is 23.7 Å². The zero-order chi connectivity index (χ0) is 67.6. The van der Waals surface area contributed by atoms with E-state index in [2.05, 4.69) is 165 Å². The van der Waals surface area contributed by atoms with E-state index in [1.165, 1.54) is 35.2 Å². The van der Waals surface area contributed by atoms with E-state index < -0.39 is 53.8 Å². The van der Waals surface area contributed by atoms with E-state index in [0.29, 0.717) is 44.8 Å². The van der Waals surface area contributed by atoms with Crippen molar-refractivity contribution >= 4 is 51.7 Å². The number of fused-ring (bicyclic) bond motifs is 1. The minimum absolute atomic E-state index is 0. The number of aliphatic hydroxyl groups excluding tert-OH is 2. The van der Waals surface area contributed by atoms with Crippen LogP contribution < -0.4 is 89.4 Å². The van der Waals surface area contributed by atoms with Crippen LogP contribution in [-0.4, -0.2) is 144 Å². The summed E-state index contributed by atoms with van der Waals surface area (Å²) < 4.78 is 48.0. The minimum atomic E-state index is -1.91. The average Bonchev–Trinajstić information content (AvgIpc) is 0.945. The minimum Gasteiger partial charge on any atom is -1.00 e. The molecule has 15 nitrogen and oxygen atoms in total. The molecule has 9 rings (SSSR count). The van der Waals surface area contributed by atoms with Gasteiger partial charge in [-0.3, -0.25) is 9.59 Å². The quantitative estimate of drug-likeness (QED) is 0.0290. The van der Waals surface area contributed by atoms with Gasteiger partial charge in [0.2, 0.25) is 0 Å². The first-order valence-electron chi connectivity index (χ1n) is 34.7. The van der Waals surface area contributed by atoms with Gasteiger partial charge in [0.15, 0.2) is 35.5 Å². The van der Waals surface area contributed by atoms with E-state index in [-0.39, 0.29) is 140 Å². The first-order valence-corrected chi connectivity index (χ1v) is 42.5. The summed E-state index contributed by atoms with van der Waals surface area (Å²) in [7, 11) is -5.52. The number of carbonyl (C=O) groups is 2. The van der Waals surface area contributed by atoms with E-state index in [4.69, 9.17) is 47.5 Å². The van der Waals surface area contributed by atoms with Crippen molar-refractivity contribution in [3.05, 3.63) is 103 Å². The Kier molecular flexibility index (Phi) is 39.8. The third kappa shape index (κ3) is 29.8. The summed E-state index contributed by atoms with van der Waals surface area (Å²) in [4.78, 5) is 21.6. The Morgan fingerprint density at radius 2 is 1.01 bits per heavy atom. The molecule has 2 saturated carbocycles. The molecule has 0 aromatic heterocycles. The molecule has 2 aliphatic carbocycles. The van der Waals surface area contributed by atoms with Crippen molar-refractivity contribution in [2.75, 3.05) is 45.8 Å². The van der Waals surface area contributed by atoms with Crippen molar-refractivity contribution in [1.29, 1.82) is 0 Å². The molecule has 0 radical (unpaired) electrons. The van der Waals surface area contributed by atoms with Crippen LogP contribution in [0.2, 0.25) is 36.3 Å². The van der Waals surface area contributed by atoms with Crippen LogP contribution in [0.15, 0.2) is 103 Å². The zero-order valence-electron chi connectivity index (χ0n) is 59.9. The van der Waals surface area contributed by atoms with E-state index in [9.17, 15) is 24.9 Å². The summed E-state index contributed by atoms with van der Waals surface area (Å²) in [5.41, 5.74) is -0.750. The van der Waals surface area contributed by atoms with Gasteiger partial charge in [-0.1, -0.05) is 129 Å². The van der Waals surface area contributed by atoms with Gasteiger partial charge in [-0.25, -0.2) is 0 Å². The number of hydrogen-bond acceptors (Lipinski definition) is 13. The molecule has 0 spiro atoms. The van der Waals surface area contributed by atoms with Crippen LogP contribution in [0.5, 0.6) is 0 Å². The van der Waals surface area contributed by atoms with Crippen LogP contribution in [0.3, 0.4) is 0 Å². The zero-order valence-corrected chi connectivity index (χ0v) is 67.6. The van der Waals surface area contributed by atoms with Gasteiger partial charge in [-0.15, -0.1) is 5.60 Å². The molecule has 4 N–H and O–H groups in total. The summed E-state index contributed by atoms with van der Waals surface area (Å²) in [6.45, 7) is 32.4. The fourth-order valence-electron chi connectivity index (χ4n) is 12.2. The van der Waals surface area contributed by atoms with Gasteiger partial charge >= 0.3 is 63.3 Å². The summed E-state index contributed by atoms with van der Waals surface area (Å²) in [6, 6.07) is 32.2. The van der Waals surface area contributed by atoms with E-state index in [1.54, 1.807) is 20.8 Å². The first-order chi connectivity index (χ1) is 43.4. The maximum atomic E-state index is 10.9. The molecule has 4 heterocycles. The maximum absolute atomic E-state index is 10.9. The topological polar surface area (TPSA) is 212 Å². The van der Waals surface area contributed by atoms with Crippen molar-refractivity contribution in [2.24, 2.45) is 23.7 Å². The molecule has 3 aromatic rings. The molecule has 4 saturated heterocycles. The third-order valence-electron chi connectivity index (χ3n) is 19.5. The number of aliphatic hydroxyl groups is 2. The standard InChI is InChI=1S/C24H44O6Si.C23H23O2P.C19H36O5Si.C4H8O.C4H9O.BrH.K/c1-24(2,3)31(4,5)29-17-19-18(12-8-6-7-9-13-22(26)27)20(25)16-21(19)30-23-14-10-11-15-28-23;24-23(25)18-10-11-19-26(20-12-4-1-5-13-20,21-14-6-2-7-15-21)22-16-8-3-9-17-22;1-19(2,3)25(4,5)22-12-14-13-10-17(20)23-15(13)11-16(14)24-18-8-6-7-9-21-18;1-2-4-5-3-1;1-4(2,3)5;;/h6,8,18-21,23,25H,7,9-17H2,1-5H3,(H,26,27);1-9,12-17H,10-11,18-19H2;13-18,20H,6-12H2,1-5H3;1-4H2;1-3H3;1H;/q;;;;-1;;+1/b8-6-;;;;;;/t18-,19-,20?,21-,23?;;13-,14-,15?,16-,17?,18?;;;;/m1.1..../s1. The number of unbranched alkanes of at least 4 members (excludes halogenated alkanes) is 2. The van der Waals surface area contributed by atoms with Gasteiger partial charge in [0.05, 0.1) is 30.6 Å². The fourth-order valence-corrected chi connectivity index (χ4v) is 18.7. The number of ether oxygens (including phenoxy) is 6. The van der Waals surface area contributed by atoms with Crippen molar-refractivity contribution in [3.8, 4) is 0 Å². The smallest absolute Gasteiger partial charge is 1.00 e. The van der Waals surface area contributed by atoms with Crippen LogP contribution >= 0.6 is 7.26 Å². The second kappa shape index (κ2) is 43.0. The van der Waals surface area contributed by atoms with Crippen LogP contribution in [0.4, 0.5) is 0 Å². The van der Waals surface area contributed by atoms with Gasteiger partial charge in [0.25, 0.3) is 0 Å². The fraction of sp³-hybridized carbons (Fsp3) is 0.703. The number of aliphatic carboxylic acids is 2. The molecular weight excluding hydrogens is 1330 g/mol. The predicted octanol–water partition coefficient (Wildman–Crippen LogP) is 7.97. The summed E-state index contributed by atoms with van der Waals surface area (Å²) in [6.07, 6.45) is 19.2. The number of benzene rings is 3. The van der Waals surface area contributed by atoms with E-state index in [0.717, 1.165) is 90.4 Å². The Morgan fingerprint density at radius 3 is 1.41 bits per heavy atom. The molecule has 6 aliphatic rings. The molecule has 0 amide bonds. The Bertz CT molecular complexity index is 2450. The molecule has 11 atom stereocenters. The van der Waals surface area contributed by atoms with E-state index >= 15 is 0 Å². The summed E-state index contributed by atoms with van der Waals surface area (Å²) in [5.74, 6) is -0.664. The van der Waals surface area contributed by atoms with Crippen molar-refractivity contribution < 1.29 is 141 Å². The number of hydrogen-bond donors (Lipinski definition) is 4. The van der Waals surface area contributed by atoms with Gasteiger partial charge in [0, 0.05) is 83.6 Å². The van der Waals surface area contributed by atoms with Crippen molar-refractivity contribution in [2.45, 2.75) is 263 Å². The number of carboxylic acid groups (broad SMARTS) is 2. The average molecular weight is 1460 g/mol. The second-order valence-electron chi connectivity index (χ2n) is 30.0. The largest absolute Gasteiger partial charge is 1.00 e. The van der Waals surface area contributed by atoms with Crippen LogP contribution in [-0.2, 0) is 46.9 Å². The summed E-state index contributed by atoms with van der Waals surface area (Å²) >= 11 is 0. The molecule has 528 valence electrons. The van der Waals surface area contributed by atoms with E-state index in [1.807, 2.05) is 6.08 Å². The predicted molar refractivity (Wildman–Crippen MR) is 374 cm³/mol. The molecule has 0 bridgehead atoms. The normalized spacial score (nSPS) is 25.5. The number of carboxylic acids is 2. The molecule has 6 fully saturated rings. The molecule has 5 unspecified atom stereocenters. The molecule has 4 aliphatic heterocycles. The Morgan fingerprint density at radius 1 is 0.585 bits per heavy atom. The Hall–Kier alpha value is -1.12. The number of halogens is 1. The molecule has 94 heavy (non-hydrogen) atoms. The second-order valence-corrected chi connectivity index (χ2v) is 43.2. The van der Waals surface area contributed by atoms with Gasteiger partial charge in [0.1, 0.15) is 23.2 Å². The van der Waals surface area contributed by atoms with Gasteiger partial charge < -0.3 is 79.8 Å². The SMILES string of the molecule is C1CCOC1.CC(C)(C)[O-].CC(C)(C)[Si](C)(C)OC[C@H]1[C@H](OC2CCCCO2)CC(O)[C@@H]1C/C=C\CCCC(=O)O.CC(C)(C)[Si](C)(C)OC[C@H]1[C@H](OC2CCCCO2)CC2OC(O)C[C@@H]21.O=C(O)CCCC[P+](c1ccccc1)(c1ccccc1)c1ccccc1.[Br-].[K+]. The van der Waals surface area contributed by atoms with Crippen molar-refractivity contribution in [1.82, 2.24) is 0 Å².